The van der Waals surface area contributed by atoms with E-state index in [1.54, 1.807) is 40.8 Å². The number of carbonyl (C=O) groups excluding carboxylic acids is 2. The summed E-state index contributed by atoms with van der Waals surface area (Å²) < 4.78 is 18.1. The van der Waals surface area contributed by atoms with Crippen LogP contribution in [-0.2, 0) is 20.9 Å². The van der Waals surface area contributed by atoms with Gasteiger partial charge in [0, 0.05) is 55.3 Å². The van der Waals surface area contributed by atoms with Gasteiger partial charge in [-0.15, -0.1) is 0 Å². The molecule has 2 amide bonds. The van der Waals surface area contributed by atoms with E-state index in [1.807, 2.05) is 0 Å². The fourth-order valence-electron chi connectivity index (χ4n) is 5.40. The van der Waals surface area contributed by atoms with Crippen molar-refractivity contribution < 1.29 is 23.8 Å². The first-order chi connectivity index (χ1) is 20.2. The molecular formula is C29H33ClN6O6. The number of benzene rings is 1. The molecule has 13 heteroatoms. The Kier molecular flexibility index (Phi) is 8.64. The molecule has 42 heavy (non-hydrogen) atoms. The minimum absolute atomic E-state index is 0.00408. The van der Waals surface area contributed by atoms with E-state index in [2.05, 4.69) is 22.2 Å². The molecule has 1 unspecified atom stereocenters. The highest BCUT2D eigenvalue weighted by atomic mass is 35.5. The topological polar surface area (TPSA) is 137 Å². The molecule has 3 atom stereocenters. The van der Waals surface area contributed by atoms with Crippen LogP contribution in [-0.4, -0.2) is 83.9 Å². The molecule has 0 spiro atoms. The van der Waals surface area contributed by atoms with Crippen molar-refractivity contribution in [2.45, 2.75) is 32.0 Å². The van der Waals surface area contributed by atoms with Crippen LogP contribution in [0, 0.1) is 5.92 Å². The summed E-state index contributed by atoms with van der Waals surface area (Å²) in [6.07, 6.45) is 3.60. The molecule has 5 rings (SSSR count). The average molecular weight is 597 g/mol. The molecule has 0 radical (unpaired) electrons. The normalized spacial score (nSPS) is 20.0. The second kappa shape index (κ2) is 12.4. The molecule has 2 fully saturated rings. The number of ether oxygens (including phenoxy) is 3. The van der Waals surface area contributed by atoms with E-state index in [0.29, 0.717) is 66.5 Å². The third-order valence-electron chi connectivity index (χ3n) is 7.67. The largest absolute Gasteiger partial charge is 0.497 e. The molecule has 0 bridgehead atoms. The van der Waals surface area contributed by atoms with E-state index in [-0.39, 0.29) is 46.3 Å². The Bertz CT molecular complexity index is 1590. The number of methoxy groups -OCH3 is 2. The van der Waals surface area contributed by atoms with E-state index in [0.717, 1.165) is 6.42 Å². The van der Waals surface area contributed by atoms with E-state index in [9.17, 15) is 14.4 Å². The maximum absolute atomic E-state index is 14.2. The summed E-state index contributed by atoms with van der Waals surface area (Å²) in [5, 5.41) is 6.98. The summed E-state index contributed by atoms with van der Waals surface area (Å²) in [7, 11) is 3.02. The summed E-state index contributed by atoms with van der Waals surface area (Å²) in [6, 6.07) is 4.46. The monoisotopic (exact) mass is 596 g/mol. The highest BCUT2D eigenvalue weighted by molar-refractivity contribution is 6.35. The van der Waals surface area contributed by atoms with Crippen LogP contribution in [0.15, 0.2) is 41.8 Å². The summed E-state index contributed by atoms with van der Waals surface area (Å²) in [6.45, 7) is 7.23. The van der Waals surface area contributed by atoms with Crippen molar-refractivity contribution in [3.63, 3.8) is 0 Å². The number of rotatable bonds is 9. The number of likely N-dealkylation sites (tertiary alicyclic amines) is 1. The quantitative estimate of drug-likeness (QED) is 0.357. The van der Waals surface area contributed by atoms with Gasteiger partial charge in [-0.2, -0.15) is 4.98 Å². The van der Waals surface area contributed by atoms with E-state index in [4.69, 9.17) is 30.8 Å². The fraction of sp³-hybridized carbons (Fsp3) is 0.414. The number of hydrogen-bond acceptors (Lipinski definition) is 9. The van der Waals surface area contributed by atoms with Gasteiger partial charge in [0.1, 0.15) is 17.1 Å². The third kappa shape index (κ3) is 5.90. The smallest absolute Gasteiger partial charge is 0.260 e. The SMILES string of the molecule is C=CC(=O)N[C@H]1COC[C@H]1Nc1ncc2cc(-c3cc(OC)cc(OC)c3Cl)c(=O)n(CC3CCN(C(C)=O)C3)c2n1. The average Bonchev–Trinajstić information content (AvgIpc) is 3.64. The summed E-state index contributed by atoms with van der Waals surface area (Å²) in [5.74, 6) is 0.894. The van der Waals surface area contributed by atoms with Crippen molar-refractivity contribution in [1.29, 1.82) is 0 Å². The third-order valence-corrected chi connectivity index (χ3v) is 8.06. The van der Waals surface area contributed by atoms with Crippen molar-refractivity contribution in [3.8, 4) is 22.6 Å². The first-order valence-corrected chi connectivity index (χ1v) is 13.9. The van der Waals surface area contributed by atoms with E-state index < -0.39 is 0 Å². The number of carbonyl (C=O) groups is 2. The van der Waals surface area contributed by atoms with Gasteiger partial charge in [-0.3, -0.25) is 19.0 Å². The van der Waals surface area contributed by atoms with Crippen LogP contribution in [0.25, 0.3) is 22.2 Å². The Balaban J connectivity index is 1.59. The van der Waals surface area contributed by atoms with Crippen LogP contribution >= 0.6 is 11.6 Å². The molecule has 0 saturated carbocycles. The molecule has 2 aliphatic heterocycles. The molecule has 0 aliphatic carbocycles. The Labute approximate surface area is 247 Å². The van der Waals surface area contributed by atoms with Crippen molar-refractivity contribution in [1.82, 2.24) is 24.8 Å². The lowest BCUT2D eigenvalue weighted by Gasteiger charge is -2.21. The van der Waals surface area contributed by atoms with Gasteiger partial charge >= 0.3 is 0 Å². The second-order valence-corrected chi connectivity index (χ2v) is 10.7. The fourth-order valence-corrected chi connectivity index (χ4v) is 5.69. The molecule has 2 N–H and O–H groups in total. The summed E-state index contributed by atoms with van der Waals surface area (Å²) >= 11 is 6.69. The van der Waals surface area contributed by atoms with Crippen LogP contribution in [0.4, 0.5) is 5.95 Å². The van der Waals surface area contributed by atoms with Crippen LogP contribution in [0.1, 0.15) is 13.3 Å². The number of pyridine rings is 1. The number of aromatic nitrogens is 3. The van der Waals surface area contributed by atoms with Gasteiger partial charge < -0.3 is 29.7 Å². The number of anilines is 1. The summed E-state index contributed by atoms with van der Waals surface area (Å²) in [5.41, 5.74) is 0.924. The van der Waals surface area contributed by atoms with E-state index >= 15 is 0 Å². The Morgan fingerprint density at radius 3 is 2.67 bits per heavy atom. The van der Waals surface area contributed by atoms with Gasteiger partial charge in [-0.1, -0.05) is 18.2 Å². The van der Waals surface area contributed by atoms with Crippen molar-refractivity contribution in [2.24, 2.45) is 5.92 Å². The lowest BCUT2D eigenvalue weighted by molar-refractivity contribution is -0.128. The van der Waals surface area contributed by atoms with Crippen LogP contribution in [0.3, 0.4) is 0 Å². The maximum Gasteiger partial charge on any atom is 0.260 e. The molecule has 2 saturated heterocycles. The Hall–Kier alpha value is -4.16. The van der Waals surface area contributed by atoms with Gasteiger partial charge in [-0.05, 0) is 30.5 Å². The molecule has 2 aromatic heterocycles. The van der Waals surface area contributed by atoms with Crippen LogP contribution < -0.4 is 25.7 Å². The van der Waals surface area contributed by atoms with Gasteiger partial charge in [0.05, 0.1) is 44.5 Å². The molecule has 1 aromatic carbocycles. The van der Waals surface area contributed by atoms with E-state index in [1.165, 1.54) is 20.3 Å². The second-order valence-electron chi connectivity index (χ2n) is 10.4. The zero-order chi connectivity index (χ0) is 30.0. The van der Waals surface area contributed by atoms with Gasteiger partial charge in [0.2, 0.25) is 17.8 Å². The lowest BCUT2D eigenvalue weighted by atomic mass is 10.0. The van der Waals surface area contributed by atoms with Crippen LogP contribution in [0.5, 0.6) is 11.5 Å². The predicted octanol–water partition coefficient (Wildman–Crippen LogP) is 2.48. The highest BCUT2D eigenvalue weighted by Crippen LogP contribution is 2.38. The van der Waals surface area contributed by atoms with Crippen molar-refractivity contribution in [2.75, 3.05) is 45.8 Å². The minimum atomic E-state index is -0.305. The number of nitrogens with one attached hydrogen (secondary N) is 2. The van der Waals surface area contributed by atoms with Crippen LogP contribution in [0.2, 0.25) is 5.02 Å². The first kappa shape index (κ1) is 29.3. The zero-order valence-corrected chi connectivity index (χ0v) is 24.4. The summed E-state index contributed by atoms with van der Waals surface area (Å²) in [4.78, 5) is 49.1. The molecule has 12 nitrogen and oxygen atoms in total. The molecule has 4 heterocycles. The maximum atomic E-state index is 14.2. The highest BCUT2D eigenvalue weighted by Gasteiger charge is 2.30. The van der Waals surface area contributed by atoms with Gasteiger partial charge in [0.25, 0.3) is 5.56 Å². The zero-order valence-electron chi connectivity index (χ0n) is 23.7. The lowest BCUT2D eigenvalue weighted by Crippen LogP contribution is -2.45. The Morgan fingerprint density at radius 1 is 1.19 bits per heavy atom. The van der Waals surface area contributed by atoms with Gasteiger partial charge in [0.15, 0.2) is 0 Å². The molecule has 3 aromatic rings. The number of fused-ring (bicyclic) bond motifs is 1. The molecular weight excluding hydrogens is 564 g/mol. The Morgan fingerprint density at radius 2 is 1.98 bits per heavy atom. The first-order valence-electron chi connectivity index (χ1n) is 13.6. The van der Waals surface area contributed by atoms with Gasteiger partial charge in [-0.25, -0.2) is 4.98 Å². The van der Waals surface area contributed by atoms with Crippen molar-refractivity contribution in [3.05, 3.63) is 52.4 Å². The molecule has 2 aliphatic rings. The predicted molar refractivity (Wildman–Crippen MR) is 158 cm³/mol. The van der Waals surface area contributed by atoms with Crippen molar-refractivity contribution >= 4 is 40.4 Å². The standard InChI is InChI=1S/C29H33ClN6O6/c1-5-25(38)32-22-14-42-15-23(22)33-29-31-11-18-8-21(20-9-19(40-3)10-24(41-4)26(20)30)28(39)36(27(18)34-29)13-17-6-7-35(12-17)16(2)37/h5,8-11,17,22-23H,1,6-7,12-15H2,2-4H3,(H,32,38)(H,31,33,34)/t17?,22-,23+/m0/s1. The number of nitrogens with zero attached hydrogens (tertiary/aromatic N) is 4. The molecule has 222 valence electrons. The minimum Gasteiger partial charge on any atom is -0.497 e. The number of amides is 2. The number of hydrogen-bond donors (Lipinski definition) is 2. The number of halogens is 1.